The first-order valence-electron chi connectivity index (χ1n) is 21.5. The van der Waals surface area contributed by atoms with Crippen LogP contribution in [0.1, 0.15) is 162 Å². The average Bonchev–Trinajstić information content (AvgIpc) is 3.13. The summed E-state index contributed by atoms with van der Waals surface area (Å²) >= 11 is 0. The fraction of sp³-hybridized carbons (Fsp3) is 0.733. The second-order valence-corrected chi connectivity index (χ2v) is 16.8. The van der Waals surface area contributed by atoms with Crippen LogP contribution in [0.5, 0.6) is 0 Å². The summed E-state index contributed by atoms with van der Waals surface area (Å²) in [6.45, 7) is 4.03. The van der Waals surface area contributed by atoms with Crippen molar-refractivity contribution in [2.75, 3.05) is 47.5 Å². The number of phosphoric ester groups is 1. The Hall–Kier alpha value is -2.29. The van der Waals surface area contributed by atoms with E-state index in [2.05, 4.69) is 56.4 Å². The molecule has 0 amide bonds. The standard InChI is InChI=1S/C45H80NO8P/c1-6-8-10-12-14-16-18-20-21-22-23-24-26-27-29-31-33-35-37-44(47)51-41-43(42-53-55(49,50)52-40-39-46(3,4)5)54-45(48)38-36-34-32-30-28-25-19-17-15-13-11-9-7-2/h9,11,13,15,17,19,21-24,43H,6-8,10,12,14,16,18,20,25-42H2,1-5H3/b11-9+,15-13+,19-17+,22-21+,24-23+. The monoisotopic (exact) mass is 794 g/mol. The summed E-state index contributed by atoms with van der Waals surface area (Å²) < 4.78 is 33.8. The maximum absolute atomic E-state index is 12.6. The molecule has 0 saturated carbocycles. The van der Waals surface area contributed by atoms with Gasteiger partial charge in [-0.25, -0.2) is 0 Å². The van der Waals surface area contributed by atoms with Crippen molar-refractivity contribution in [3.8, 4) is 0 Å². The van der Waals surface area contributed by atoms with E-state index in [1.54, 1.807) is 0 Å². The predicted octanol–water partition coefficient (Wildman–Crippen LogP) is 11.4. The molecule has 0 spiro atoms. The lowest BCUT2D eigenvalue weighted by molar-refractivity contribution is -0.870. The number of phosphoric acid groups is 1. The molecule has 0 heterocycles. The van der Waals surface area contributed by atoms with Gasteiger partial charge in [-0.15, -0.1) is 0 Å². The molecule has 0 saturated heterocycles. The van der Waals surface area contributed by atoms with Gasteiger partial charge in [0.25, 0.3) is 7.82 Å². The van der Waals surface area contributed by atoms with E-state index in [0.29, 0.717) is 23.9 Å². The highest BCUT2D eigenvalue weighted by molar-refractivity contribution is 7.45. The van der Waals surface area contributed by atoms with Crippen molar-refractivity contribution in [2.24, 2.45) is 0 Å². The van der Waals surface area contributed by atoms with E-state index >= 15 is 0 Å². The Morgan fingerprint density at radius 2 is 1.04 bits per heavy atom. The molecule has 0 fully saturated rings. The van der Waals surface area contributed by atoms with Crippen LogP contribution in [0.2, 0.25) is 0 Å². The second-order valence-electron chi connectivity index (χ2n) is 15.4. The van der Waals surface area contributed by atoms with Crippen LogP contribution >= 0.6 is 7.82 Å². The van der Waals surface area contributed by atoms with Crippen molar-refractivity contribution in [2.45, 2.75) is 168 Å². The van der Waals surface area contributed by atoms with Crippen molar-refractivity contribution in [3.63, 3.8) is 0 Å². The van der Waals surface area contributed by atoms with Crippen molar-refractivity contribution in [3.05, 3.63) is 60.8 Å². The first-order valence-corrected chi connectivity index (χ1v) is 23.0. The summed E-state index contributed by atoms with van der Waals surface area (Å²) in [6, 6.07) is 0. The zero-order valence-corrected chi connectivity index (χ0v) is 36.5. The molecular formula is C45H80NO8P. The number of rotatable bonds is 38. The van der Waals surface area contributed by atoms with Gasteiger partial charge in [-0.1, -0.05) is 152 Å². The van der Waals surface area contributed by atoms with E-state index in [9.17, 15) is 19.0 Å². The molecule has 55 heavy (non-hydrogen) atoms. The van der Waals surface area contributed by atoms with Gasteiger partial charge in [0, 0.05) is 12.8 Å². The van der Waals surface area contributed by atoms with Crippen LogP contribution < -0.4 is 4.89 Å². The molecular weight excluding hydrogens is 713 g/mol. The molecule has 2 atom stereocenters. The third-order valence-corrected chi connectivity index (χ3v) is 9.82. The first kappa shape index (κ1) is 52.7. The normalized spacial score (nSPS) is 14.2. The maximum atomic E-state index is 12.6. The molecule has 10 heteroatoms. The van der Waals surface area contributed by atoms with Crippen LogP contribution in [0.25, 0.3) is 0 Å². The Morgan fingerprint density at radius 1 is 0.582 bits per heavy atom. The molecule has 9 nitrogen and oxygen atoms in total. The molecule has 0 aliphatic carbocycles. The number of quaternary nitrogens is 1. The number of ether oxygens (including phenoxy) is 2. The summed E-state index contributed by atoms with van der Waals surface area (Å²) in [5, 5.41) is 0. The molecule has 0 aromatic heterocycles. The Kier molecular flexibility index (Phi) is 35.7. The van der Waals surface area contributed by atoms with Gasteiger partial charge in [-0.3, -0.25) is 14.2 Å². The third kappa shape index (κ3) is 41.2. The lowest BCUT2D eigenvalue weighted by atomic mass is 10.1. The van der Waals surface area contributed by atoms with Crippen molar-refractivity contribution in [1.29, 1.82) is 0 Å². The van der Waals surface area contributed by atoms with E-state index in [0.717, 1.165) is 77.0 Å². The largest absolute Gasteiger partial charge is 0.756 e. The topological polar surface area (TPSA) is 111 Å². The van der Waals surface area contributed by atoms with E-state index in [4.69, 9.17) is 18.5 Å². The Morgan fingerprint density at radius 3 is 1.55 bits per heavy atom. The number of esters is 2. The smallest absolute Gasteiger partial charge is 0.306 e. The molecule has 0 radical (unpaired) electrons. The molecule has 0 rings (SSSR count). The number of likely N-dealkylation sites (N-methyl/N-ethyl adjacent to an activating group) is 1. The lowest BCUT2D eigenvalue weighted by Crippen LogP contribution is -2.37. The van der Waals surface area contributed by atoms with Gasteiger partial charge < -0.3 is 27.9 Å². The lowest BCUT2D eigenvalue weighted by Gasteiger charge is -2.28. The van der Waals surface area contributed by atoms with Crippen molar-refractivity contribution < 1.29 is 42.1 Å². The fourth-order valence-electron chi connectivity index (χ4n) is 5.47. The zero-order valence-electron chi connectivity index (χ0n) is 35.6. The molecule has 0 aliphatic heterocycles. The number of hydrogen-bond acceptors (Lipinski definition) is 8. The highest BCUT2D eigenvalue weighted by Gasteiger charge is 2.21. The number of carbonyl (C=O) groups is 2. The Labute approximate surface area is 336 Å². The van der Waals surface area contributed by atoms with Gasteiger partial charge in [-0.2, -0.15) is 0 Å². The Bertz CT molecular complexity index is 1120. The number of hydrogen-bond donors (Lipinski definition) is 0. The number of allylic oxidation sites excluding steroid dienone is 10. The summed E-state index contributed by atoms with van der Waals surface area (Å²) in [5.74, 6) is -0.881. The molecule has 0 bridgehead atoms. The van der Waals surface area contributed by atoms with Gasteiger partial charge in [-0.05, 0) is 57.8 Å². The van der Waals surface area contributed by atoms with Crippen molar-refractivity contribution >= 4 is 19.8 Å². The third-order valence-electron chi connectivity index (χ3n) is 8.86. The Balaban J connectivity index is 4.41. The minimum absolute atomic E-state index is 0.0405. The fourth-order valence-corrected chi connectivity index (χ4v) is 6.20. The van der Waals surface area contributed by atoms with Gasteiger partial charge >= 0.3 is 11.9 Å². The van der Waals surface area contributed by atoms with Crippen LogP contribution in [0, 0.1) is 0 Å². The maximum Gasteiger partial charge on any atom is 0.306 e. The molecule has 0 aromatic rings. The molecule has 0 aromatic carbocycles. The summed E-state index contributed by atoms with van der Waals surface area (Å²) in [5.41, 5.74) is 0. The average molecular weight is 794 g/mol. The van der Waals surface area contributed by atoms with Crippen LogP contribution in [0.4, 0.5) is 0 Å². The van der Waals surface area contributed by atoms with E-state index < -0.39 is 32.5 Å². The SMILES string of the molecule is CC/C=C/C=C/C=C/CCCCCCCC(=O)OC(COC(=O)CCCCCCC/C=C/C=C/CCCCCCCCC)COP(=O)([O-])OCC[N+](C)(C)C. The highest BCUT2D eigenvalue weighted by Crippen LogP contribution is 2.38. The molecule has 318 valence electrons. The quantitative estimate of drug-likeness (QED) is 0.0200. The number of carbonyl (C=O) groups excluding carboxylic acids is 2. The van der Waals surface area contributed by atoms with E-state index in [-0.39, 0.29) is 26.1 Å². The first-order chi connectivity index (χ1) is 26.5. The highest BCUT2D eigenvalue weighted by atomic mass is 31.2. The van der Waals surface area contributed by atoms with Gasteiger partial charge in [0.2, 0.25) is 0 Å². The molecule has 2 unspecified atom stereocenters. The summed E-state index contributed by atoms with van der Waals surface area (Å²) in [7, 11) is 1.13. The van der Waals surface area contributed by atoms with Crippen LogP contribution in [0.15, 0.2) is 60.8 Å². The summed E-state index contributed by atoms with van der Waals surface area (Å²) in [6.07, 6.45) is 43.9. The minimum atomic E-state index is -4.63. The molecule has 0 aliphatic rings. The number of unbranched alkanes of at least 4 members (excludes halogenated alkanes) is 17. The van der Waals surface area contributed by atoms with Crippen molar-refractivity contribution in [1.82, 2.24) is 0 Å². The van der Waals surface area contributed by atoms with Gasteiger partial charge in [0.15, 0.2) is 6.10 Å². The van der Waals surface area contributed by atoms with Crippen LogP contribution in [0.3, 0.4) is 0 Å². The van der Waals surface area contributed by atoms with Gasteiger partial charge in [0.1, 0.15) is 19.8 Å². The molecule has 0 N–H and O–H groups in total. The zero-order chi connectivity index (χ0) is 40.7. The predicted molar refractivity (Wildman–Crippen MR) is 226 cm³/mol. The summed E-state index contributed by atoms with van der Waals surface area (Å²) in [4.78, 5) is 37.5. The number of nitrogens with zero attached hydrogens (tertiary/aromatic N) is 1. The van der Waals surface area contributed by atoms with Crippen LogP contribution in [-0.4, -0.2) is 70.0 Å². The second kappa shape index (κ2) is 37.3. The minimum Gasteiger partial charge on any atom is -0.756 e. The van der Waals surface area contributed by atoms with E-state index in [1.165, 1.54) is 44.9 Å². The van der Waals surface area contributed by atoms with Gasteiger partial charge in [0.05, 0.1) is 27.7 Å². The van der Waals surface area contributed by atoms with Crippen LogP contribution in [-0.2, 0) is 32.7 Å². The van der Waals surface area contributed by atoms with E-state index in [1.807, 2.05) is 39.4 Å².